The van der Waals surface area contributed by atoms with Crippen LogP contribution in [0.25, 0.3) is 0 Å². The van der Waals surface area contributed by atoms with Gasteiger partial charge in [0.05, 0.1) is 10.5 Å². The summed E-state index contributed by atoms with van der Waals surface area (Å²) < 4.78 is 13.9. The van der Waals surface area contributed by atoms with E-state index in [1.54, 1.807) is 6.07 Å². The lowest BCUT2D eigenvalue weighted by Gasteiger charge is -2.07. The van der Waals surface area contributed by atoms with E-state index in [9.17, 15) is 19.3 Å². The van der Waals surface area contributed by atoms with Gasteiger partial charge in [-0.25, -0.2) is 0 Å². The molecule has 21 heavy (non-hydrogen) atoms. The minimum absolute atomic E-state index is 0.116. The number of nitrogens with one attached hydrogen (secondary N) is 1. The Morgan fingerprint density at radius 1 is 1.29 bits per heavy atom. The Kier molecular flexibility index (Phi) is 4.54. The summed E-state index contributed by atoms with van der Waals surface area (Å²) in [7, 11) is 0. The van der Waals surface area contributed by atoms with Gasteiger partial charge in [-0.05, 0) is 40.2 Å². The molecule has 0 saturated heterocycles. The van der Waals surface area contributed by atoms with Gasteiger partial charge >= 0.3 is 5.69 Å². The number of halogens is 3. The van der Waals surface area contributed by atoms with E-state index in [1.807, 2.05) is 0 Å². The van der Waals surface area contributed by atoms with Gasteiger partial charge in [-0.2, -0.15) is 4.39 Å². The predicted octanol–water partition coefficient (Wildman–Crippen LogP) is 4.40. The number of hydrogen-bond acceptors (Lipinski definition) is 3. The molecular weight excluding hydrogens is 367 g/mol. The van der Waals surface area contributed by atoms with Gasteiger partial charge in [-0.15, -0.1) is 0 Å². The van der Waals surface area contributed by atoms with Crippen molar-refractivity contribution in [3.05, 3.63) is 67.4 Å². The number of nitro groups is 1. The summed E-state index contributed by atoms with van der Waals surface area (Å²) in [5.41, 5.74) is -0.233. The van der Waals surface area contributed by atoms with Crippen molar-refractivity contribution in [2.45, 2.75) is 0 Å². The second kappa shape index (κ2) is 6.19. The van der Waals surface area contributed by atoms with Crippen molar-refractivity contribution in [2.75, 3.05) is 5.32 Å². The summed E-state index contributed by atoms with van der Waals surface area (Å²) in [6.45, 7) is 0. The normalized spacial score (nSPS) is 10.2. The molecular formula is C13H7BrClFN2O3. The molecule has 5 nitrogen and oxygen atoms in total. The topological polar surface area (TPSA) is 72.2 Å². The number of nitro benzene ring substituents is 1. The quantitative estimate of drug-likeness (QED) is 0.640. The van der Waals surface area contributed by atoms with E-state index in [4.69, 9.17) is 11.6 Å². The molecule has 0 atom stereocenters. The molecule has 0 aromatic heterocycles. The average molecular weight is 374 g/mol. The molecule has 1 N–H and O–H groups in total. The molecule has 1 amide bonds. The van der Waals surface area contributed by atoms with Gasteiger partial charge in [0, 0.05) is 27.3 Å². The largest absolute Gasteiger partial charge is 0.322 e. The first kappa shape index (κ1) is 15.4. The van der Waals surface area contributed by atoms with E-state index < -0.39 is 22.3 Å². The lowest BCUT2D eigenvalue weighted by molar-refractivity contribution is -0.387. The van der Waals surface area contributed by atoms with E-state index >= 15 is 0 Å². The first-order chi connectivity index (χ1) is 9.88. The Hall–Kier alpha value is -1.99. The molecule has 2 aromatic carbocycles. The molecule has 0 aliphatic carbocycles. The molecule has 0 spiro atoms. The third kappa shape index (κ3) is 3.56. The van der Waals surface area contributed by atoms with Crippen molar-refractivity contribution >= 4 is 44.8 Å². The first-order valence-electron chi connectivity index (χ1n) is 5.59. The van der Waals surface area contributed by atoms with Crippen molar-refractivity contribution in [2.24, 2.45) is 0 Å². The number of amides is 1. The second-order valence-corrected chi connectivity index (χ2v) is 5.29. The van der Waals surface area contributed by atoms with Crippen LogP contribution in [-0.2, 0) is 0 Å². The fourth-order valence-electron chi connectivity index (χ4n) is 1.60. The van der Waals surface area contributed by atoms with Crippen LogP contribution in [0.5, 0.6) is 0 Å². The Balaban J connectivity index is 2.23. The van der Waals surface area contributed by atoms with Crippen LogP contribution in [0.1, 0.15) is 10.4 Å². The van der Waals surface area contributed by atoms with Gasteiger partial charge in [0.25, 0.3) is 5.91 Å². The van der Waals surface area contributed by atoms with E-state index in [0.29, 0.717) is 15.1 Å². The number of benzene rings is 2. The number of carbonyl (C=O) groups excluding carboxylic acids is 1. The summed E-state index contributed by atoms with van der Waals surface area (Å²) in [6, 6.07) is 7.72. The molecule has 0 heterocycles. The lowest BCUT2D eigenvalue weighted by Crippen LogP contribution is -2.12. The van der Waals surface area contributed by atoms with Crippen molar-refractivity contribution in [3.63, 3.8) is 0 Å². The van der Waals surface area contributed by atoms with Gasteiger partial charge in [-0.1, -0.05) is 11.6 Å². The number of carbonyl (C=O) groups is 1. The van der Waals surface area contributed by atoms with Crippen LogP contribution in [0.3, 0.4) is 0 Å². The minimum Gasteiger partial charge on any atom is -0.322 e. The summed E-state index contributed by atoms with van der Waals surface area (Å²) in [6.07, 6.45) is 0. The van der Waals surface area contributed by atoms with E-state index in [2.05, 4.69) is 21.2 Å². The van der Waals surface area contributed by atoms with Crippen LogP contribution in [0.4, 0.5) is 15.8 Å². The predicted molar refractivity (Wildman–Crippen MR) is 80.2 cm³/mol. The van der Waals surface area contributed by atoms with Gasteiger partial charge in [0.15, 0.2) is 0 Å². The molecule has 8 heteroatoms. The fraction of sp³-hybridized carbons (Fsp3) is 0. The summed E-state index contributed by atoms with van der Waals surface area (Å²) >= 11 is 8.97. The molecule has 0 bridgehead atoms. The first-order valence-corrected chi connectivity index (χ1v) is 6.76. The molecule has 0 saturated carbocycles. The summed E-state index contributed by atoms with van der Waals surface area (Å²) in [5, 5.41) is 13.4. The second-order valence-electron chi connectivity index (χ2n) is 4.00. The summed E-state index contributed by atoms with van der Waals surface area (Å²) in [4.78, 5) is 21.7. The lowest BCUT2D eigenvalue weighted by atomic mass is 10.2. The standard InChI is InChI=1S/C13H7BrClFN2O3/c14-10-5-7(15)1-3-9(10)13(19)17-8-2-4-12(18(20)21)11(16)6-8/h1-6H,(H,17,19). The zero-order valence-electron chi connectivity index (χ0n) is 10.3. The number of anilines is 1. The van der Waals surface area contributed by atoms with Gasteiger partial charge < -0.3 is 5.32 Å². The highest BCUT2D eigenvalue weighted by atomic mass is 79.9. The van der Waals surface area contributed by atoms with Crippen LogP contribution < -0.4 is 5.32 Å². The van der Waals surface area contributed by atoms with Crippen molar-refractivity contribution in [3.8, 4) is 0 Å². The van der Waals surface area contributed by atoms with Gasteiger partial charge in [-0.3, -0.25) is 14.9 Å². The molecule has 108 valence electrons. The number of hydrogen-bond donors (Lipinski definition) is 1. The highest BCUT2D eigenvalue weighted by molar-refractivity contribution is 9.10. The highest BCUT2D eigenvalue weighted by Gasteiger charge is 2.16. The van der Waals surface area contributed by atoms with Crippen LogP contribution in [0.15, 0.2) is 40.9 Å². The maximum atomic E-state index is 13.5. The zero-order valence-corrected chi connectivity index (χ0v) is 12.6. The average Bonchev–Trinajstić information content (AvgIpc) is 2.37. The molecule has 2 aromatic rings. The Morgan fingerprint density at radius 2 is 2.00 bits per heavy atom. The van der Waals surface area contributed by atoms with Crippen molar-refractivity contribution in [1.29, 1.82) is 0 Å². The Labute approximate surface area is 132 Å². The van der Waals surface area contributed by atoms with E-state index in [0.717, 1.165) is 12.1 Å². The molecule has 0 fully saturated rings. The third-order valence-corrected chi connectivity index (χ3v) is 3.47. The van der Waals surface area contributed by atoms with Crippen LogP contribution in [-0.4, -0.2) is 10.8 Å². The van der Waals surface area contributed by atoms with E-state index in [-0.39, 0.29) is 5.69 Å². The van der Waals surface area contributed by atoms with Crippen molar-refractivity contribution < 1.29 is 14.1 Å². The van der Waals surface area contributed by atoms with Gasteiger partial charge in [0.2, 0.25) is 5.82 Å². The Bertz CT molecular complexity index is 739. The van der Waals surface area contributed by atoms with Crippen LogP contribution in [0.2, 0.25) is 5.02 Å². The van der Waals surface area contributed by atoms with Crippen molar-refractivity contribution in [1.82, 2.24) is 0 Å². The smallest absolute Gasteiger partial charge is 0.304 e. The maximum absolute atomic E-state index is 13.5. The minimum atomic E-state index is -1.02. The molecule has 0 radical (unpaired) electrons. The van der Waals surface area contributed by atoms with Crippen LogP contribution in [0, 0.1) is 15.9 Å². The fourth-order valence-corrected chi connectivity index (χ4v) is 2.47. The number of rotatable bonds is 3. The SMILES string of the molecule is O=C(Nc1ccc([N+](=O)[O-])c(F)c1)c1ccc(Cl)cc1Br. The monoisotopic (exact) mass is 372 g/mol. The maximum Gasteiger partial charge on any atom is 0.304 e. The summed E-state index contributed by atoms with van der Waals surface area (Å²) in [5.74, 6) is -1.51. The third-order valence-electron chi connectivity index (χ3n) is 2.58. The molecule has 0 aliphatic rings. The zero-order chi connectivity index (χ0) is 15.6. The molecule has 0 aliphatic heterocycles. The van der Waals surface area contributed by atoms with E-state index in [1.165, 1.54) is 18.2 Å². The molecule has 2 rings (SSSR count). The highest BCUT2D eigenvalue weighted by Crippen LogP contribution is 2.24. The number of nitrogens with zero attached hydrogens (tertiary/aromatic N) is 1. The Morgan fingerprint density at radius 3 is 2.57 bits per heavy atom. The van der Waals surface area contributed by atoms with Crippen LogP contribution >= 0.6 is 27.5 Å². The molecule has 0 unspecified atom stereocenters. The van der Waals surface area contributed by atoms with Gasteiger partial charge in [0.1, 0.15) is 0 Å².